The summed E-state index contributed by atoms with van der Waals surface area (Å²) in [5.41, 5.74) is 3.59. The van der Waals surface area contributed by atoms with E-state index in [1.807, 2.05) is 6.92 Å². The number of carbonyl (C=O) groups excluding carboxylic acids is 1. The summed E-state index contributed by atoms with van der Waals surface area (Å²) in [4.78, 5) is 12.1. The number of hydrazine groups is 1. The first-order chi connectivity index (χ1) is 10.6. The van der Waals surface area contributed by atoms with E-state index >= 15 is 0 Å². The molecule has 22 heavy (non-hydrogen) atoms. The number of hydrogen-bond donors (Lipinski definition) is 1. The van der Waals surface area contributed by atoms with Crippen LogP contribution in [0.5, 0.6) is 0 Å². The van der Waals surface area contributed by atoms with Crippen molar-refractivity contribution in [3.8, 4) is 0 Å². The van der Waals surface area contributed by atoms with E-state index in [0.717, 1.165) is 5.56 Å². The highest BCUT2D eigenvalue weighted by molar-refractivity contribution is 6.42. The molecule has 0 unspecified atom stereocenters. The van der Waals surface area contributed by atoms with Gasteiger partial charge in [-0.25, -0.2) is 14.8 Å². The van der Waals surface area contributed by atoms with Crippen LogP contribution < -0.4 is 5.43 Å². The Kier molecular flexibility index (Phi) is 5.51. The standard InChI is InChI=1S/C14H16Cl2N4O2/c1-3-7-22-14(21)19(4-2)20-9-17-18-13(20)10-5-6-11(15)12(16)8-10/h3,5-6,8,17H,1,4,7,9H2,2H3. The molecule has 118 valence electrons. The highest BCUT2D eigenvalue weighted by Crippen LogP contribution is 2.24. The predicted molar refractivity (Wildman–Crippen MR) is 86.8 cm³/mol. The van der Waals surface area contributed by atoms with Crippen molar-refractivity contribution in [2.45, 2.75) is 6.92 Å². The Labute approximate surface area is 138 Å². The summed E-state index contributed by atoms with van der Waals surface area (Å²) in [6.07, 6.45) is 1.04. The van der Waals surface area contributed by atoms with Gasteiger partial charge in [-0.05, 0) is 25.1 Å². The van der Waals surface area contributed by atoms with Gasteiger partial charge in [-0.2, -0.15) is 5.10 Å². The summed E-state index contributed by atoms with van der Waals surface area (Å²) in [5, 5.41) is 8.23. The Bertz CT molecular complexity index is 607. The van der Waals surface area contributed by atoms with Gasteiger partial charge >= 0.3 is 6.09 Å². The molecule has 0 aliphatic carbocycles. The quantitative estimate of drug-likeness (QED) is 0.835. The number of hydrogen-bond acceptors (Lipinski definition) is 5. The number of rotatable bonds is 5. The van der Waals surface area contributed by atoms with Gasteiger partial charge in [-0.1, -0.05) is 35.9 Å². The topological polar surface area (TPSA) is 57.2 Å². The molecule has 0 spiro atoms. The Morgan fingerprint density at radius 2 is 2.32 bits per heavy atom. The molecule has 6 nitrogen and oxygen atoms in total. The first kappa shape index (κ1) is 16.5. The minimum absolute atomic E-state index is 0.149. The van der Waals surface area contributed by atoms with Gasteiger partial charge in [0.25, 0.3) is 0 Å². The van der Waals surface area contributed by atoms with Gasteiger partial charge in [0, 0.05) is 12.1 Å². The predicted octanol–water partition coefficient (Wildman–Crippen LogP) is 3.08. The molecular weight excluding hydrogens is 327 g/mol. The number of carbonyl (C=O) groups is 1. The van der Waals surface area contributed by atoms with Crippen LogP contribution in [0.4, 0.5) is 4.79 Å². The number of ether oxygens (including phenoxy) is 1. The van der Waals surface area contributed by atoms with Crippen LogP contribution in [-0.2, 0) is 4.74 Å². The molecule has 1 aliphatic rings. The van der Waals surface area contributed by atoms with E-state index < -0.39 is 6.09 Å². The van der Waals surface area contributed by atoms with Crippen LogP contribution in [0.15, 0.2) is 36.0 Å². The van der Waals surface area contributed by atoms with Crippen molar-refractivity contribution in [2.75, 3.05) is 19.8 Å². The molecule has 0 aromatic heterocycles. The fourth-order valence-corrected chi connectivity index (χ4v) is 2.26. The molecule has 1 amide bonds. The maximum absolute atomic E-state index is 12.1. The third-order valence-corrected chi connectivity index (χ3v) is 3.69. The minimum atomic E-state index is -0.473. The van der Waals surface area contributed by atoms with Crippen molar-refractivity contribution >= 4 is 35.1 Å². The highest BCUT2D eigenvalue weighted by atomic mass is 35.5. The van der Waals surface area contributed by atoms with E-state index in [1.54, 1.807) is 23.2 Å². The number of benzene rings is 1. The van der Waals surface area contributed by atoms with Crippen LogP contribution in [0.25, 0.3) is 0 Å². The number of amides is 1. The van der Waals surface area contributed by atoms with Crippen molar-refractivity contribution in [3.63, 3.8) is 0 Å². The number of amidine groups is 1. The average molecular weight is 343 g/mol. The smallest absolute Gasteiger partial charge is 0.429 e. The van der Waals surface area contributed by atoms with Crippen LogP contribution in [0, 0.1) is 0 Å². The molecule has 0 atom stereocenters. The molecule has 0 radical (unpaired) electrons. The van der Waals surface area contributed by atoms with Crippen molar-refractivity contribution in [1.82, 2.24) is 15.4 Å². The largest absolute Gasteiger partial charge is 0.444 e. The van der Waals surface area contributed by atoms with Crippen LogP contribution >= 0.6 is 23.2 Å². The van der Waals surface area contributed by atoms with E-state index in [4.69, 9.17) is 27.9 Å². The number of hydrazone groups is 1. The Morgan fingerprint density at radius 3 is 2.95 bits per heavy atom. The van der Waals surface area contributed by atoms with Gasteiger partial charge in [0.05, 0.1) is 10.0 Å². The maximum atomic E-state index is 12.1. The van der Waals surface area contributed by atoms with E-state index in [-0.39, 0.29) is 6.61 Å². The fourth-order valence-electron chi connectivity index (χ4n) is 1.96. The zero-order valence-corrected chi connectivity index (χ0v) is 13.6. The van der Waals surface area contributed by atoms with Crippen molar-refractivity contribution in [2.24, 2.45) is 5.10 Å². The second-order valence-corrected chi connectivity index (χ2v) is 5.18. The summed E-state index contributed by atoms with van der Waals surface area (Å²) in [5.74, 6) is 0.566. The van der Waals surface area contributed by atoms with Gasteiger partial charge < -0.3 is 4.74 Å². The Morgan fingerprint density at radius 1 is 1.55 bits per heavy atom. The Balaban J connectivity index is 2.22. The van der Waals surface area contributed by atoms with Crippen molar-refractivity contribution in [3.05, 3.63) is 46.5 Å². The van der Waals surface area contributed by atoms with Gasteiger partial charge in [-0.15, -0.1) is 0 Å². The summed E-state index contributed by atoms with van der Waals surface area (Å²) in [6.45, 7) is 6.30. The number of nitrogens with zero attached hydrogens (tertiary/aromatic N) is 3. The Hall–Kier alpha value is -1.92. The fraction of sp³-hybridized carbons (Fsp3) is 0.286. The van der Waals surface area contributed by atoms with Gasteiger partial charge in [0.15, 0.2) is 5.84 Å². The second-order valence-electron chi connectivity index (χ2n) is 4.36. The third-order valence-electron chi connectivity index (χ3n) is 2.95. The van der Waals surface area contributed by atoms with E-state index in [0.29, 0.717) is 29.1 Å². The zero-order chi connectivity index (χ0) is 16.1. The minimum Gasteiger partial charge on any atom is -0.444 e. The lowest BCUT2D eigenvalue weighted by molar-refractivity contribution is 0.0346. The summed E-state index contributed by atoms with van der Waals surface area (Å²) in [7, 11) is 0. The van der Waals surface area contributed by atoms with E-state index in [1.165, 1.54) is 11.1 Å². The molecule has 2 rings (SSSR count). The lowest BCUT2D eigenvalue weighted by Crippen LogP contribution is -2.49. The molecule has 0 bridgehead atoms. The van der Waals surface area contributed by atoms with Crippen LogP contribution in [0.2, 0.25) is 10.0 Å². The summed E-state index contributed by atoms with van der Waals surface area (Å²) in [6, 6.07) is 5.17. The molecule has 1 aromatic carbocycles. The molecular formula is C14H16Cl2N4O2. The molecule has 8 heteroatoms. The number of halogens is 2. The lowest BCUT2D eigenvalue weighted by atomic mass is 10.2. The highest BCUT2D eigenvalue weighted by Gasteiger charge is 2.28. The first-order valence-corrected chi connectivity index (χ1v) is 7.42. The van der Waals surface area contributed by atoms with Crippen LogP contribution in [0.3, 0.4) is 0 Å². The molecule has 1 aromatic rings. The monoisotopic (exact) mass is 342 g/mol. The summed E-state index contributed by atoms with van der Waals surface area (Å²) >= 11 is 12.0. The van der Waals surface area contributed by atoms with Gasteiger partial charge in [0.2, 0.25) is 0 Å². The van der Waals surface area contributed by atoms with Gasteiger partial charge in [0.1, 0.15) is 13.3 Å². The molecule has 0 saturated carbocycles. The van der Waals surface area contributed by atoms with Crippen molar-refractivity contribution in [1.29, 1.82) is 0 Å². The van der Waals surface area contributed by atoms with E-state index in [2.05, 4.69) is 17.1 Å². The van der Waals surface area contributed by atoms with E-state index in [9.17, 15) is 4.79 Å². The normalized spacial score (nSPS) is 13.4. The lowest BCUT2D eigenvalue weighted by Gasteiger charge is -2.31. The van der Waals surface area contributed by atoms with Crippen LogP contribution in [-0.4, -0.2) is 41.8 Å². The number of nitrogens with one attached hydrogen (secondary N) is 1. The third kappa shape index (κ3) is 3.45. The molecule has 1 aliphatic heterocycles. The molecule has 0 saturated heterocycles. The summed E-state index contributed by atoms with van der Waals surface area (Å²) < 4.78 is 5.08. The molecule has 0 fully saturated rings. The maximum Gasteiger partial charge on any atom is 0.429 e. The van der Waals surface area contributed by atoms with Crippen LogP contribution in [0.1, 0.15) is 12.5 Å². The SMILES string of the molecule is C=CCOC(=O)N(CC)N1CNN=C1c1ccc(Cl)c(Cl)c1. The first-order valence-electron chi connectivity index (χ1n) is 6.67. The molecule has 1 heterocycles. The second kappa shape index (κ2) is 7.38. The molecule has 1 N–H and O–H groups in total. The van der Waals surface area contributed by atoms with Gasteiger partial charge in [-0.3, -0.25) is 5.43 Å². The zero-order valence-electron chi connectivity index (χ0n) is 12.1. The van der Waals surface area contributed by atoms with Crippen molar-refractivity contribution < 1.29 is 9.53 Å². The average Bonchev–Trinajstić information content (AvgIpc) is 2.98.